The zero-order valence-corrected chi connectivity index (χ0v) is 9.93. The summed E-state index contributed by atoms with van der Waals surface area (Å²) in [4.78, 5) is 0. The van der Waals surface area contributed by atoms with E-state index < -0.39 is 6.36 Å². The molecule has 0 atom stereocenters. The molecule has 16 heavy (non-hydrogen) atoms. The normalized spacial score (nSPS) is 10.8. The molecule has 0 saturated heterocycles. The Kier molecular flexibility index (Phi) is 5.93. The number of rotatable bonds is 1. The summed E-state index contributed by atoms with van der Waals surface area (Å²) in [5, 5.41) is 0. The second-order valence-corrected chi connectivity index (χ2v) is 4.09. The monoisotopic (exact) mass is 234 g/mol. The van der Waals surface area contributed by atoms with E-state index in [1.54, 1.807) is 19.1 Å². The summed E-state index contributed by atoms with van der Waals surface area (Å²) in [5.41, 5.74) is 0.893. The van der Waals surface area contributed by atoms with Gasteiger partial charge in [-0.3, -0.25) is 0 Å². The van der Waals surface area contributed by atoms with Crippen LogP contribution in [-0.4, -0.2) is 6.36 Å². The molecule has 1 nitrogen and oxygen atoms in total. The zero-order valence-electron chi connectivity index (χ0n) is 9.93. The lowest BCUT2D eigenvalue weighted by Gasteiger charge is -2.08. The summed E-state index contributed by atoms with van der Waals surface area (Å²) in [6.45, 7) is 8.29. The number of benzene rings is 1. The highest BCUT2D eigenvalue weighted by atomic mass is 19.4. The molecule has 1 aromatic carbocycles. The smallest absolute Gasteiger partial charge is 0.406 e. The van der Waals surface area contributed by atoms with Crippen molar-refractivity contribution in [1.82, 2.24) is 0 Å². The molecule has 92 valence electrons. The van der Waals surface area contributed by atoms with Crippen molar-refractivity contribution in [1.29, 1.82) is 0 Å². The number of aryl methyl sites for hydroxylation is 1. The first-order valence-electron chi connectivity index (χ1n) is 5.03. The Hall–Kier alpha value is -1.19. The molecule has 0 aromatic heterocycles. The van der Waals surface area contributed by atoms with Crippen molar-refractivity contribution in [3.8, 4) is 5.75 Å². The Morgan fingerprint density at radius 3 is 1.69 bits per heavy atom. The zero-order chi connectivity index (χ0) is 12.8. The predicted molar refractivity (Wildman–Crippen MR) is 58.4 cm³/mol. The minimum Gasteiger partial charge on any atom is -0.406 e. The van der Waals surface area contributed by atoms with Crippen LogP contribution in [0.25, 0.3) is 0 Å². The second-order valence-electron chi connectivity index (χ2n) is 4.09. The van der Waals surface area contributed by atoms with Crippen LogP contribution in [-0.2, 0) is 0 Å². The van der Waals surface area contributed by atoms with Crippen LogP contribution >= 0.6 is 0 Å². The summed E-state index contributed by atoms with van der Waals surface area (Å²) in [6, 6.07) is 5.67. The largest absolute Gasteiger partial charge is 0.573 e. The van der Waals surface area contributed by atoms with E-state index in [-0.39, 0.29) is 5.75 Å². The molecule has 0 bridgehead atoms. The van der Waals surface area contributed by atoms with Gasteiger partial charge in [-0.25, -0.2) is 0 Å². The molecule has 0 heterocycles. The molecule has 0 spiro atoms. The molecular formula is C12H17F3O. The number of ether oxygens (including phenoxy) is 1. The number of hydrogen-bond donors (Lipinski definition) is 0. The molecule has 0 aliphatic carbocycles. The van der Waals surface area contributed by atoms with E-state index in [1.807, 2.05) is 0 Å². The molecular weight excluding hydrogens is 217 g/mol. The minimum atomic E-state index is -4.60. The summed E-state index contributed by atoms with van der Waals surface area (Å²) >= 11 is 0. The van der Waals surface area contributed by atoms with E-state index in [9.17, 15) is 13.2 Å². The van der Waals surface area contributed by atoms with Crippen molar-refractivity contribution in [3.05, 3.63) is 29.8 Å². The van der Waals surface area contributed by atoms with Gasteiger partial charge < -0.3 is 4.74 Å². The third kappa shape index (κ3) is 9.37. The molecule has 0 aliphatic rings. The Labute approximate surface area is 94.2 Å². The van der Waals surface area contributed by atoms with Crippen LogP contribution < -0.4 is 4.74 Å². The maximum Gasteiger partial charge on any atom is 0.573 e. The van der Waals surface area contributed by atoms with Gasteiger partial charge in [0.1, 0.15) is 5.75 Å². The van der Waals surface area contributed by atoms with Gasteiger partial charge in [-0.05, 0) is 25.0 Å². The standard InChI is InChI=1S/C8H7F3O.C4H10/c1-6-2-4-7(5-3-6)12-8(9,10)11;1-4(2)3/h2-5H,1H3;4H,1-3H3. The first-order chi connectivity index (χ1) is 7.20. The molecule has 1 aromatic rings. The van der Waals surface area contributed by atoms with E-state index in [0.717, 1.165) is 11.5 Å². The fraction of sp³-hybridized carbons (Fsp3) is 0.500. The van der Waals surface area contributed by atoms with Gasteiger partial charge in [0.25, 0.3) is 0 Å². The lowest BCUT2D eigenvalue weighted by atomic mass is 10.2. The number of halogens is 3. The van der Waals surface area contributed by atoms with Gasteiger partial charge in [0.05, 0.1) is 0 Å². The predicted octanol–water partition coefficient (Wildman–Crippen LogP) is 4.56. The van der Waals surface area contributed by atoms with E-state index >= 15 is 0 Å². The van der Waals surface area contributed by atoms with Gasteiger partial charge in [0, 0.05) is 0 Å². The Morgan fingerprint density at radius 2 is 1.38 bits per heavy atom. The molecule has 0 radical (unpaired) electrons. The van der Waals surface area contributed by atoms with Crippen LogP contribution in [0.5, 0.6) is 5.75 Å². The summed E-state index contributed by atoms with van der Waals surface area (Å²) in [5.74, 6) is 0.646. The van der Waals surface area contributed by atoms with Crippen molar-refractivity contribution in [2.24, 2.45) is 5.92 Å². The Morgan fingerprint density at radius 1 is 1.00 bits per heavy atom. The van der Waals surface area contributed by atoms with Gasteiger partial charge in [-0.2, -0.15) is 0 Å². The highest BCUT2D eigenvalue weighted by molar-refractivity contribution is 5.26. The average molecular weight is 234 g/mol. The van der Waals surface area contributed by atoms with Crippen molar-refractivity contribution in [2.45, 2.75) is 34.1 Å². The highest BCUT2D eigenvalue weighted by Crippen LogP contribution is 2.22. The highest BCUT2D eigenvalue weighted by Gasteiger charge is 2.30. The molecule has 1 rings (SSSR count). The van der Waals surface area contributed by atoms with Gasteiger partial charge in [-0.1, -0.05) is 38.5 Å². The first-order valence-corrected chi connectivity index (χ1v) is 5.03. The second kappa shape index (κ2) is 6.40. The van der Waals surface area contributed by atoms with Gasteiger partial charge in [0.2, 0.25) is 0 Å². The van der Waals surface area contributed by atoms with Gasteiger partial charge in [0.15, 0.2) is 0 Å². The number of hydrogen-bond acceptors (Lipinski definition) is 1. The molecule has 4 heteroatoms. The van der Waals surface area contributed by atoms with Crippen LogP contribution in [0, 0.1) is 12.8 Å². The third-order valence-electron chi connectivity index (χ3n) is 1.25. The third-order valence-corrected chi connectivity index (χ3v) is 1.25. The lowest BCUT2D eigenvalue weighted by molar-refractivity contribution is -0.274. The van der Waals surface area contributed by atoms with Crippen LogP contribution in [0.2, 0.25) is 0 Å². The lowest BCUT2D eigenvalue weighted by Crippen LogP contribution is -2.16. The summed E-state index contributed by atoms with van der Waals surface area (Å²) < 4.78 is 38.5. The van der Waals surface area contributed by atoms with Gasteiger partial charge in [-0.15, -0.1) is 13.2 Å². The Balaban J connectivity index is 0.000000487. The van der Waals surface area contributed by atoms with E-state index in [1.165, 1.54) is 12.1 Å². The molecule has 0 saturated carbocycles. The molecule has 0 unspecified atom stereocenters. The van der Waals surface area contributed by atoms with Crippen LogP contribution in [0.1, 0.15) is 26.3 Å². The fourth-order valence-corrected chi connectivity index (χ4v) is 0.740. The Bertz CT molecular complexity index is 285. The van der Waals surface area contributed by atoms with E-state index in [4.69, 9.17) is 0 Å². The van der Waals surface area contributed by atoms with Crippen LogP contribution in [0.3, 0.4) is 0 Å². The maximum absolute atomic E-state index is 11.6. The van der Waals surface area contributed by atoms with Crippen molar-refractivity contribution in [2.75, 3.05) is 0 Å². The minimum absolute atomic E-state index is 0.187. The van der Waals surface area contributed by atoms with Crippen LogP contribution in [0.4, 0.5) is 13.2 Å². The molecule has 0 N–H and O–H groups in total. The topological polar surface area (TPSA) is 9.23 Å². The van der Waals surface area contributed by atoms with Crippen molar-refractivity contribution in [3.63, 3.8) is 0 Å². The maximum atomic E-state index is 11.6. The molecule has 0 aliphatic heterocycles. The quantitative estimate of drug-likeness (QED) is 0.692. The first kappa shape index (κ1) is 14.8. The van der Waals surface area contributed by atoms with Crippen molar-refractivity contribution < 1.29 is 17.9 Å². The fourth-order valence-electron chi connectivity index (χ4n) is 0.740. The van der Waals surface area contributed by atoms with E-state index in [2.05, 4.69) is 25.5 Å². The number of alkyl halides is 3. The van der Waals surface area contributed by atoms with E-state index in [0.29, 0.717) is 0 Å². The average Bonchev–Trinajstić information content (AvgIpc) is 2.05. The van der Waals surface area contributed by atoms with Crippen molar-refractivity contribution >= 4 is 0 Å². The SMILES string of the molecule is CC(C)C.Cc1ccc(OC(F)(F)F)cc1. The summed E-state index contributed by atoms with van der Waals surface area (Å²) in [7, 11) is 0. The summed E-state index contributed by atoms with van der Waals surface area (Å²) in [6.07, 6.45) is -4.60. The molecule has 0 fully saturated rings. The molecule has 0 amide bonds. The van der Waals surface area contributed by atoms with Crippen LogP contribution in [0.15, 0.2) is 24.3 Å². The van der Waals surface area contributed by atoms with Gasteiger partial charge >= 0.3 is 6.36 Å².